The van der Waals surface area contributed by atoms with Crippen LogP contribution in [0.3, 0.4) is 0 Å². The van der Waals surface area contributed by atoms with E-state index in [4.69, 9.17) is 5.73 Å². The molecule has 0 unspecified atom stereocenters. The molecular weight excluding hydrogens is 236 g/mol. The molecule has 1 aliphatic rings. The molecule has 0 spiro atoms. The van der Waals surface area contributed by atoms with E-state index in [0.29, 0.717) is 13.0 Å². The van der Waals surface area contributed by atoms with Gasteiger partial charge in [0.25, 0.3) is 0 Å². The molecule has 0 heterocycles. The Morgan fingerprint density at radius 1 is 1.37 bits per heavy atom. The second-order valence-corrected chi connectivity index (χ2v) is 5.72. The molecule has 0 atom stereocenters. The van der Waals surface area contributed by atoms with Gasteiger partial charge in [0.2, 0.25) is 5.91 Å². The van der Waals surface area contributed by atoms with E-state index in [1.807, 2.05) is 36.9 Å². The van der Waals surface area contributed by atoms with Crippen molar-refractivity contribution in [3.05, 3.63) is 29.8 Å². The first kappa shape index (κ1) is 14.1. The van der Waals surface area contributed by atoms with Crippen LogP contribution >= 0.6 is 0 Å². The number of anilines is 1. The number of hydrogen-bond acceptors (Lipinski definition) is 2. The first-order chi connectivity index (χ1) is 9.04. The number of carbonyl (C=O) groups excluding carboxylic acids is 1. The minimum absolute atomic E-state index is 0.150. The largest absolute Gasteiger partial charge is 0.325 e. The number of benzene rings is 1. The summed E-state index contributed by atoms with van der Waals surface area (Å²) < 4.78 is 0. The van der Waals surface area contributed by atoms with Crippen molar-refractivity contribution < 1.29 is 4.79 Å². The first-order valence-electron chi connectivity index (χ1n) is 7.20. The molecule has 1 aromatic carbocycles. The molecule has 0 bridgehead atoms. The van der Waals surface area contributed by atoms with Crippen molar-refractivity contribution in [3.8, 4) is 0 Å². The van der Waals surface area contributed by atoms with Crippen LogP contribution in [0.1, 0.15) is 44.6 Å². The van der Waals surface area contributed by atoms with Gasteiger partial charge in [-0.25, -0.2) is 0 Å². The Morgan fingerprint density at radius 3 is 2.63 bits per heavy atom. The molecule has 0 aromatic heterocycles. The van der Waals surface area contributed by atoms with Crippen LogP contribution in [-0.2, 0) is 4.79 Å². The Balaban J connectivity index is 2.11. The number of nitrogens with two attached hydrogens (primary N) is 1. The minimum atomic E-state index is -0.270. The summed E-state index contributed by atoms with van der Waals surface area (Å²) in [5.74, 6) is 0.150. The molecule has 19 heavy (non-hydrogen) atoms. The van der Waals surface area contributed by atoms with Crippen LogP contribution in [0.2, 0.25) is 0 Å². The van der Waals surface area contributed by atoms with E-state index in [1.54, 1.807) is 0 Å². The molecule has 104 valence electrons. The van der Waals surface area contributed by atoms with Gasteiger partial charge in [0.15, 0.2) is 0 Å². The Labute approximate surface area is 115 Å². The molecule has 0 radical (unpaired) electrons. The Bertz CT molecular complexity index is 450. The lowest BCUT2D eigenvalue weighted by Gasteiger charge is -2.28. The highest BCUT2D eigenvalue weighted by Gasteiger charge is 2.33. The number of carbonyl (C=O) groups is 1. The monoisotopic (exact) mass is 260 g/mol. The van der Waals surface area contributed by atoms with Crippen LogP contribution in [0, 0.1) is 6.92 Å². The van der Waals surface area contributed by atoms with E-state index in [0.717, 1.165) is 31.4 Å². The predicted octanol–water partition coefficient (Wildman–Crippen LogP) is 3.01. The summed E-state index contributed by atoms with van der Waals surface area (Å²) >= 11 is 0. The molecule has 1 aromatic rings. The zero-order valence-corrected chi connectivity index (χ0v) is 12.0. The third-order valence-electron chi connectivity index (χ3n) is 4.03. The molecule has 1 aliphatic carbocycles. The molecule has 1 fully saturated rings. The van der Waals surface area contributed by atoms with Gasteiger partial charge in [-0.1, -0.05) is 25.0 Å². The first-order valence-corrected chi connectivity index (χ1v) is 7.20. The van der Waals surface area contributed by atoms with Gasteiger partial charge >= 0.3 is 0 Å². The third-order valence-corrected chi connectivity index (χ3v) is 4.03. The minimum Gasteiger partial charge on any atom is -0.325 e. The second-order valence-electron chi connectivity index (χ2n) is 5.72. The lowest BCUT2D eigenvalue weighted by molar-refractivity contribution is -0.119. The highest BCUT2D eigenvalue weighted by molar-refractivity contribution is 5.94. The van der Waals surface area contributed by atoms with Gasteiger partial charge in [0, 0.05) is 24.2 Å². The summed E-state index contributed by atoms with van der Waals surface area (Å²) in [7, 11) is 0. The summed E-state index contributed by atoms with van der Waals surface area (Å²) in [4.78, 5) is 14.3. The van der Waals surface area contributed by atoms with E-state index < -0.39 is 0 Å². The second kappa shape index (κ2) is 5.74. The zero-order chi connectivity index (χ0) is 13.9. The van der Waals surface area contributed by atoms with Gasteiger partial charge in [-0.3, -0.25) is 4.79 Å². The maximum Gasteiger partial charge on any atom is 0.228 e. The molecule has 1 saturated carbocycles. The topological polar surface area (TPSA) is 46.3 Å². The Hall–Kier alpha value is -1.35. The lowest BCUT2D eigenvalue weighted by Crippen LogP contribution is -2.43. The van der Waals surface area contributed by atoms with Crippen LogP contribution in [0.4, 0.5) is 5.69 Å². The van der Waals surface area contributed by atoms with Crippen molar-refractivity contribution in [2.75, 3.05) is 11.4 Å². The average Bonchev–Trinajstić information content (AvgIpc) is 2.76. The molecular formula is C16H24N2O. The van der Waals surface area contributed by atoms with Crippen LogP contribution in [0.5, 0.6) is 0 Å². The number of nitrogens with zero attached hydrogens (tertiary/aromatic N) is 1. The molecule has 1 amide bonds. The van der Waals surface area contributed by atoms with Gasteiger partial charge in [-0.15, -0.1) is 0 Å². The van der Waals surface area contributed by atoms with E-state index >= 15 is 0 Å². The average molecular weight is 260 g/mol. The molecule has 0 aliphatic heterocycles. The summed E-state index contributed by atoms with van der Waals surface area (Å²) in [6, 6.07) is 8.09. The fourth-order valence-corrected chi connectivity index (χ4v) is 2.95. The SMILES string of the molecule is CCN(C(=O)CC1(N)CCCC1)c1cccc(C)c1. The molecule has 2 rings (SSSR count). The number of aryl methyl sites for hydroxylation is 1. The zero-order valence-electron chi connectivity index (χ0n) is 12.0. The Kier molecular flexibility index (Phi) is 4.25. The smallest absolute Gasteiger partial charge is 0.228 e. The van der Waals surface area contributed by atoms with Gasteiger partial charge in [-0.05, 0) is 44.4 Å². The number of rotatable bonds is 4. The van der Waals surface area contributed by atoms with E-state index in [-0.39, 0.29) is 11.4 Å². The highest BCUT2D eigenvalue weighted by atomic mass is 16.2. The quantitative estimate of drug-likeness (QED) is 0.904. The summed E-state index contributed by atoms with van der Waals surface area (Å²) in [6.45, 7) is 4.75. The van der Waals surface area contributed by atoms with Crippen molar-refractivity contribution in [2.24, 2.45) is 5.73 Å². The highest BCUT2D eigenvalue weighted by Crippen LogP contribution is 2.31. The number of hydrogen-bond donors (Lipinski definition) is 1. The lowest BCUT2D eigenvalue weighted by atomic mass is 9.94. The van der Waals surface area contributed by atoms with Crippen molar-refractivity contribution in [3.63, 3.8) is 0 Å². The Morgan fingerprint density at radius 2 is 2.05 bits per heavy atom. The standard InChI is InChI=1S/C16H24N2O/c1-3-18(14-8-6-7-13(2)11-14)15(19)12-16(17)9-4-5-10-16/h6-8,11H,3-5,9-10,12,17H2,1-2H3. The van der Waals surface area contributed by atoms with Crippen molar-refractivity contribution in [1.82, 2.24) is 0 Å². The van der Waals surface area contributed by atoms with Gasteiger partial charge in [0.05, 0.1) is 0 Å². The van der Waals surface area contributed by atoms with Crippen molar-refractivity contribution in [2.45, 2.75) is 51.5 Å². The van der Waals surface area contributed by atoms with Crippen LogP contribution < -0.4 is 10.6 Å². The van der Waals surface area contributed by atoms with Crippen LogP contribution in [-0.4, -0.2) is 18.0 Å². The van der Waals surface area contributed by atoms with Crippen molar-refractivity contribution in [1.29, 1.82) is 0 Å². The molecule has 3 heteroatoms. The summed E-state index contributed by atoms with van der Waals surface area (Å²) in [6.07, 6.45) is 4.73. The maximum absolute atomic E-state index is 12.5. The molecule has 2 N–H and O–H groups in total. The van der Waals surface area contributed by atoms with Crippen LogP contribution in [0.25, 0.3) is 0 Å². The molecule has 0 saturated heterocycles. The third kappa shape index (κ3) is 3.35. The van der Waals surface area contributed by atoms with E-state index in [2.05, 4.69) is 6.07 Å². The normalized spacial score (nSPS) is 17.4. The molecule has 3 nitrogen and oxygen atoms in total. The fourth-order valence-electron chi connectivity index (χ4n) is 2.95. The van der Waals surface area contributed by atoms with Gasteiger partial charge < -0.3 is 10.6 Å². The summed E-state index contributed by atoms with van der Waals surface area (Å²) in [5.41, 5.74) is 8.20. The van der Waals surface area contributed by atoms with Gasteiger partial charge in [-0.2, -0.15) is 0 Å². The van der Waals surface area contributed by atoms with Gasteiger partial charge in [0.1, 0.15) is 0 Å². The fraction of sp³-hybridized carbons (Fsp3) is 0.562. The van der Waals surface area contributed by atoms with Crippen molar-refractivity contribution >= 4 is 11.6 Å². The summed E-state index contributed by atoms with van der Waals surface area (Å²) in [5, 5.41) is 0. The van der Waals surface area contributed by atoms with E-state index in [1.165, 1.54) is 5.56 Å². The number of amides is 1. The maximum atomic E-state index is 12.5. The van der Waals surface area contributed by atoms with E-state index in [9.17, 15) is 4.79 Å². The van der Waals surface area contributed by atoms with Crippen LogP contribution in [0.15, 0.2) is 24.3 Å². The predicted molar refractivity (Wildman–Crippen MR) is 79.2 cm³/mol.